The summed E-state index contributed by atoms with van der Waals surface area (Å²) in [6, 6.07) is 10.7. The summed E-state index contributed by atoms with van der Waals surface area (Å²) in [7, 11) is 0. The fourth-order valence-electron chi connectivity index (χ4n) is 2.18. The second kappa shape index (κ2) is 6.88. The Hall–Kier alpha value is -2.61. The van der Waals surface area contributed by atoms with Crippen LogP contribution in [0.1, 0.15) is 10.4 Å². The van der Waals surface area contributed by atoms with Crippen molar-refractivity contribution in [2.45, 2.75) is 11.5 Å². The summed E-state index contributed by atoms with van der Waals surface area (Å²) in [6.07, 6.45) is 0. The van der Waals surface area contributed by atoms with Gasteiger partial charge in [0, 0.05) is 16.1 Å². The van der Waals surface area contributed by atoms with Gasteiger partial charge in [0.25, 0.3) is 5.91 Å². The number of fused-ring (bicyclic) bond motifs is 1. The second-order valence-electron chi connectivity index (χ2n) is 4.91. The highest BCUT2D eigenvalue weighted by Gasteiger charge is 2.16. The van der Waals surface area contributed by atoms with E-state index < -0.39 is 12.5 Å². The number of hydrogen-bond donors (Lipinski definition) is 2. The van der Waals surface area contributed by atoms with E-state index in [0.29, 0.717) is 17.1 Å². The smallest absolute Gasteiger partial charge is 0.387 e. The van der Waals surface area contributed by atoms with Crippen molar-refractivity contribution in [3.05, 3.63) is 48.0 Å². The zero-order valence-corrected chi connectivity index (χ0v) is 13.0. The molecule has 1 heterocycles. The summed E-state index contributed by atoms with van der Waals surface area (Å²) in [5.74, 6) is -0.306. The first-order valence-corrected chi connectivity index (χ1v) is 7.93. The highest BCUT2D eigenvalue weighted by molar-refractivity contribution is 8.00. The Morgan fingerprint density at radius 1 is 1.25 bits per heavy atom. The predicted octanol–water partition coefficient (Wildman–Crippen LogP) is 3.58. The van der Waals surface area contributed by atoms with E-state index in [4.69, 9.17) is 0 Å². The summed E-state index contributed by atoms with van der Waals surface area (Å²) < 4.78 is 28.7. The average molecular weight is 350 g/mol. The largest absolute Gasteiger partial charge is 0.435 e. The molecule has 0 radical (unpaired) electrons. The molecule has 0 spiro atoms. The highest BCUT2D eigenvalue weighted by Crippen LogP contribution is 2.33. The van der Waals surface area contributed by atoms with Crippen LogP contribution in [0.3, 0.4) is 0 Å². The lowest BCUT2D eigenvalue weighted by molar-refractivity contribution is -0.113. The first kappa shape index (κ1) is 16.3. The number of halogens is 2. The number of ether oxygens (including phenoxy) is 1. The van der Waals surface area contributed by atoms with Crippen LogP contribution >= 0.6 is 11.8 Å². The van der Waals surface area contributed by atoms with Crippen molar-refractivity contribution in [1.82, 2.24) is 0 Å². The summed E-state index contributed by atoms with van der Waals surface area (Å²) >= 11 is 1.42. The van der Waals surface area contributed by atoms with Crippen molar-refractivity contribution < 1.29 is 23.1 Å². The minimum atomic E-state index is -2.95. The normalized spacial score (nSPS) is 13.2. The molecule has 0 saturated carbocycles. The van der Waals surface area contributed by atoms with E-state index in [2.05, 4.69) is 15.4 Å². The summed E-state index contributed by atoms with van der Waals surface area (Å²) in [5, 5.41) is 5.39. The lowest BCUT2D eigenvalue weighted by atomic mass is 10.2. The molecule has 1 aliphatic heterocycles. The highest BCUT2D eigenvalue weighted by atomic mass is 32.2. The number of amides is 2. The summed E-state index contributed by atoms with van der Waals surface area (Å²) in [5.41, 5.74) is 1.30. The minimum absolute atomic E-state index is 0.0910. The van der Waals surface area contributed by atoms with Crippen LogP contribution in [0.2, 0.25) is 0 Å². The molecule has 2 N–H and O–H groups in total. The fraction of sp³-hybridized carbons (Fsp3) is 0.125. The number of rotatable bonds is 4. The molecule has 0 unspecified atom stereocenters. The first-order chi connectivity index (χ1) is 11.5. The molecule has 2 aromatic rings. The van der Waals surface area contributed by atoms with Crippen LogP contribution in [0, 0.1) is 0 Å². The molecule has 0 bridgehead atoms. The van der Waals surface area contributed by atoms with Gasteiger partial charge in [-0.05, 0) is 36.4 Å². The monoisotopic (exact) mass is 350 g/mol. The zero-order valence-electron chi connectivity index (χ0n) is 12.2. The van der Waals surface area contributed by atoms with E-state index in [1.165, 1.54) is 36.0 Å². The van der Waals surface area contributed by atoms with Gasteiger partial charge in [-0.3, -0.25) is 9.59 Å². The van der Waals surface area contributed by atoms with Crippen LogP contribution in [-0.4, -0.2) is 24.2 Å². The van der Waals surface area contributed by atoms with E-state index in [9.17, 15) is 18.4 Å². The number of hydrogen-bond acceptors (Lipinski definition) is 4. The minimum Gasteiger partial charge on any atom is -0.435 e. The second-order valence-corrected chi connectivity index (χ2v) is 5.93. The van der Waals surface area contributed by atoms with E-state index in [0.717, 1.165) is 4.90 Å². The molecule has 124 valence electrons. The molecule has 0 aliphatic carbocycles. The van der Waals surface area contributed by atoms with Crippen LogP contribution < -0.4 is 15.4 Å². The van der Waals surface area contributed by atoms with Gasteiger partial charge in [0.15, 0.2) is 0 Å². The van der Waals surface area contributed by atoms with Crippen LogP contribution in [0.4, 0.5) is 20.2 Å². The maximum absolute atomic E-state index is 12.2. The number of thioether (sulfide) groups is 1. The Bertz CT molecular complexity index is 799. The predicted molar refractivity (Wildman–Crippen MR) is 86.8 cm³/mol. The number of benzene rings is 2. The molecule has 5 nitrogen and oxygen atoms in total. The molecule has 1 aliphatic rings. The zero-order chi connectivity index (χ0) is 17.1. The van der Waals surface area contributed by atoms with E-state index in [1.54, 1.807) is 18.2 Å². The van der Waals surface area contributed by atoms with Gasteiger partial charge in [-0.15, -0.1) is 11.8 Å². The molecule has 8 heteroatoms. The standard InChI is InChI=1S/C16H12F2N2O3S/c17-16(18)23-11-3-1-2-9(6-11)15(22)19-10-4-5-13-12(7-10)20-14(21)8-24-13/h1-7,16H,8H2,(H,19,22)(H,20,21). The van der Waals surface area contributed by atoms with E-state index in [-0.39, 0.29) is 17.2 Å². The molecule has 0 atom stereocenters. The fourth-order valence-corrected chi connectivity index (χ4v) is 2.97. The van der Waals surface area contributed by atoms with Crippen molar-refractivity contribution in [3.63, 3.8) is 0 Å². The van der Waals surface area contributed by atoms with Crippen molar-refractivity contribution in [1.29, 1.82) is 0 Å². The molecule has 0 aromatic heterocycles. The molecule has 3 rings (SSSR count). The Morgan fingerprint density at radius 2 is 2.08 bits per heavy atom. The van der Waals surface area contributed by atoms with Gasteiger partial charge in [0.1, 0.15) is 5.75 Å². The van der Waals surface area contributed by atoms with E-state index >= 15 is 0 Å². The summed E-state index contributed by atoms with van der Waals surface area (Å²) in [6.45, 7) is -2.95. The van der Waals surface area contributed by atoms with Gasteiger partial charge in [-0.25, -0.2) is 0 Å². The molecular weight excluding hydrogens is 338 g/mol. The van der Waals surface area contributed by atoms with Crippen molar-refractivity contribution >= 4 is 35.0 Å². The number of nitrogens with one attached hydrogen (secondary N) is 2. The third-order valence-corrected chi connectivity index (χ3v) is 4.27. The molecule has 0 saturated heterocycles. The Balaban J connectivity index is 1.75. The van der Waals surface area contributed by atoms with Gasteiger partial charge in [-0.1, -0.05) is 6.07 Å². The molecule has 24 heavy (non-hydrogen) atoms. The number of carbonyl (C=O) groups is 2. The average Bonchev–Trinajstić information content (AvgIpc) is 2.54. The lowest BCUT2D eigenvalue weighted by Gasteiger charge is -2.17. The number of alkyl halides is 2. The van der Waals surface area contributed by atoms with Gasteiger partial charge in [-0.2, -0.15) is 8.78 Å². The van der Waals surface area contributed by atoms with Gasteiger partial charge < -0.3 is 15.4 Å². The molecular formula is C16H12F2N2O3S. The Kier molecular flexibility index (Phi) is 4.66. The van der Waals surface area contributed by atoms with Crippen LogP contribution in [0.15, 0.2) is 47.4 Å². The van der Waals surface area contributed by atoms with Crippen LogP contribution in [0.5, 0.6) is 5.75 Å². The van der Waals surface area contributed by atoms with E-state index in [1.807, 2.05) is 0 Å². The third-order valence-electron chi connectivity index (χ3n) is 3.19. The van der Waals surface area contributed by atoms with Crippen molar-refractivity contribution in [2.24, 2.45) is 0 Å². The maximum Gasteiger partial charge on any atom is 0.387 e. The molecule has 2 aromatic carbocycles. The van der Waals surface area contributed by atoms with Crippen LogP contribution in [-0.2, 0) is 4.79 Å². The van der Waals surface area contributed by atoms with Gasteiger partial charge in [0.05, 0.1) is 11.4 Å². The molecule has 2 amide bonds. The van der Waals surface area contributed by atoms with Crippen molar-refractivity contribution in [2.75, 3.05) is 16.4 Å². The summed E-state index contributed by atoms with van der Waals surface area (Å²) in [4.78, 5) is 24.6. The topological polar surface area (TPSA) is 67.4 Å². The first-order valence-electron chi connectivity index (χ1n) is 6.94. The Labute approximate surface area is 140 Å². The maximum atomic E-state index is 12.2. The number of anilines is 2. The van der Waals surface area contributed by atoms with Crippen molar-refractivity contribution in [3.8, 4) is 5.75 Å². The van der Waals surface area contributed by atoms with Crippen LogP contribution in [0.25, 0.3) is 0 Å². The SMILES string of the molecule is O=C1CSc2ccc(NC(=O)c3cccc(OC(F)F)c3)cc2N1. The Morgan fingerprint density at radius 3 is 2.88 bits per heavy atom. The number of carbonyl (C=O) groups excluding carboxylic acids is 2. The quantitative estimate of drug-likeness (QED) is 0.884. The third kappa shape index (κ3) is 3.83. The lowest BCUT2D eigenvalue weighted by Crippen LogP contribution is -2.19. The molecule has 0 fully saturated rings. The van der Waals surface area contributed by atoms with Gasteiger partial charge in [0.2, 0.25) is 5.91 Å². The van der Waals surface area contributed by atoms with Gasteiger partial charge >= 0.3 is 6.61 Å².